The molecule has 2 heterocycles. The largest absolute Gasteiger partial charge is 0.462 e. The lowest BCUT2D eigenvalue weighted by molar-refractivity contribution is -0.119. The first-order valence-electron chi connectivity index (χ1n) is 10.3. The molecule has 8 nitrogen and oxygen atoms in total. The number of thiophene rings is 1. The number of fused-ring (bicyclic) bond motifs is 1. The number of ether oxygens (including phenoxy) is 2. The van der Waals surface area contributed by atoms with Gasteiger partial charge in [0.25, 0.3) is 5.91 Å². The average Bonchev–Trinajstić information content (AvgIpc) is 3.27. The maximum absolute atomic E-state index is 12.5. The molecule has 1 amide bonds. The first kappa shape index (κ1) is 22.9. The summed E-state index contributed by atoms with van der Waals surface area (Å²) in [6.07, 6.45) is 0. The summed E-state index contributed by atoms with van der Waals surface area (Å²) in [5.74, 6) is -2.51. The molecule has 0 atom stereocenters. The summed E-state index contributed by atoms with van der Waals surface area (Å²) in [4.78, 5) is 50.4. The van der Waals surface area contributed by atoms with Gasteiger partial charge in [-0.3, -0.25) is 9.59 Å². The van der Waals surface area contributed by atoms with E-state index in [2.05, 4.69) is 5.32 Å². The Morgan fingerprint density at radius 2 is 1.68 bits per heavy atom. The maximum atomic E-state index is 12.5. The molecule has 172 valence electrons. The van der Waals surface area contributed by atoms with E-state index in [9.17, 15) is 19.2 Å². The van der Waals surface area contributed by atoms with Gasteiger partial charge >= 0.3 is 11.9 Å². The summed E-state index contributed by atoms with van der Waals surface area (Å²) in [7, 11) is 0. The number of benzene rings is 2. The van der Waals surface area contributed by atoms with Gasteiger partial charge in [-0.2, -0.15) is 0 Å². The van der Waals surface area contributed by atoms with Crippen LogP contribution < -0.4 is 10.7 Å². The van der Waals surface area contributed by atoms with Gasteiger partial charge in [0.05, 0.1) is 17.7 Å². The van der Waals surface area contributed by atoms with E-state index in [4.69, 9.17) is 13.9 Å². The maximum Gasteiger partial charge on any atom is 0.374 e. The Bertz CT molecular complexity index is 1420. The highest BCUT2D eigenvalue weighted by Gasteiger charge is 2.21. The lowest BCUT2D eigenvalue weighted by Gasteiger charge is -2.07. The van der Waals surface area contributed by atoms with E-state index in [-0.39, 0.29) is 28.5 Å². The van der Waals surface area contributed by atoms with Crippen LogP contribution in [-0.2, 0) is 14.3 Å². The number of rotatable bonds is 7. The number of amides is 1. The second-order valence-electron chi connectivity index (χ2n) is 7.04. The molecular weight excluding hydrogens is 458 g/mol. The Labute approximate surface area is 197 Å². The Balaban J connectivity index is 1.48. The molecule has 0 fully saturated rings. The summed E-state index contributed by atoms with van der Waals surface area (Å²) < 4.78 is 15.5. The lowest BCUT2D eigenvalue weighted by Crippen LogP contribution is -2.22. The number of carbonyl (C=O) groups is 3. The topological polar surface area (TPSA) is 112 Å². The second kappa shape index (κ2) is 10.1. The van der Waals surface area contributed by atoms with Crippen LogP contribution in [0.15, 0.2) is 75.9 Å². The van der Waals surface area contributed by atoms with Crippen molar-refractivity contribution in [3.63, 3.8) is 0 Å². The third-order valence-corrected chi connectivity index (χ3v) is 5.86. The lowest BCUT2D eigenvalue weighted by atomic mass is 10.2. The molecule has 0 aliphatic carbocycles. The van der Waals surface area contributed by atoms with Crippen molar-refractivity contribution in [1.29, 1.82) is 0 Å². The van der Waals surface area contributed by atoms with Crippen LogP contribution in [0, 0.1) is 0 Å². The van der Waals surface area contributed by atoms with Gasteiger partial charge in [0.2, 0.25) is 5.76 Å². The standard InChI is InChI=1S/C25H19NO7S/c1-2-31-25(30)23-17(12-21(34-23)15-8-4-3-5-9-15)26-22(28)14-32-24(29)20-13-18(27)16-10-6-7-11-19(16)33-20/h3-13H,2,14H2,1H3,(H,26,28). The quantitative estimate of drug-likeness (QED) is 0.390. The zero-order valence-electron chi connectivity index (χ0n) is 18.0. The number of nitrogens with one attached hydrogen (secondary N) is 1. The van der Waals surface area contributed by atoms with Crippen molar-refractivity contribution >= 4 is 45.8 Å². The monoisotopic (exact) mass is 477 g/mol. The zero-order chi connectivity index (χ0) is 24.1. The fourth-order valence-electron chi connectivity index (χ4n) is 3.17. The van der Waals surface area contributed by atoms with Crippen LogP contribution >= 0.6 is 11.3 Å². The van der Waals surface area contributed by atoms with Gasteiger partial charge in [-0.05, 0) is 30.7 Å². The van der Waals surface area contributed by atoms with E-state index in [1.165, 1.54) is 11.3 Å². The number of hydrogen-bond acceptors (Lipinski definition) is 8. The van der Waals surface area contributed by atoms with E-state index in [1.54, 1.807) is 37.3 Å². The summed E-state index contributed by atoms with van der Waals surface area (Å²) in [5.41, 5.74) is 0.957. The molecule has 2 aromatic heterocycles. The molecule has 0 unspecified atom stereocenters. The predicted molar refractivity (Wildman–Crippen MR) is 127 cm³/mol. The Morgan fingerprint density at radius 1 is 0.941 bits per heavy atom. The minimum absolute atomic E-state index is 0.180. The highest BCUT2D eigenvalue weighted by Crippen LogP contribution is 2.35. The van der Waals surface area contributed by atoms with Gasteiger partial charge in [-0.15, -0.1) is 11.3 Å². The minimum atomic E-state index is -0.959. The third-order valence-electron chi connectivity index (χ3n) is 4.70. The second-order valence-corrected chi connectivity index (χ2v) is 8.09. The number of para-hydroxylation sites is 1. The van der Waals surface area contributed by atoms with Crippen molar-refractivity contribution in [2.24, 2.45) is 0 Å². The van der Waals surface area contributed by atoms with Crippen molar-refractivity contribution in [2.45, 2.75) is 6.92 Å². The van der Waals surface area contributed by atoms with Gasteiger partial charge in [0.15, 0.2) is 12.0 Å². The third kappa shape index (κ3) is 5.05. The molecular formula is C25H19NO7S. The summed E-state index contributed by atoms with van der Waals surface area (Å²) in [6.45, 7) is 1.22. The number of hydrogen-bond donors (Lipinski definition) is 1. The minimum Gasteiger partial charge on any atom is -0.462 e. The molecule has 0 aliphatic heterocycles. The van der Waals surface area contributed by atoms with E-state index in [0.717, 1.165) is 16.5 Å². The number of anilines is 1. The molecule has 0 bridgehead atoms. The predicted octanol–water partition coefficient (Wildman–Crippen LogP) is 4.49. The molecule has 4 aromatic rings. The SMILES string of the molecule is CCOC(=O)c1sc(-c2ccccc2)cc1NC(=O)COC(=O)c1cc(=O)c2ccccc2o1. The summed E-state index contributed by atoms with van der Waals surface area (Å²) in [6, 6.07) is 18.5. The van der Waals surface area contributed by atoms with Crippen LogP contribution in [0.5, 0.6) is 0 Å². The molecule has 34 heavy (non-hydrogen) atoms. The van der Waals surface area contributed by atoms with Crippen molar-refractivity contribution in [3.8, 4) is 10.4 Å². The Hall–Kier alpha value is -4.24. The average molecular weight is 477 g/mol. The smallest absolute Gasteiger partial charge is 0.374 e. The highest BCUT2D eigenvalue weighted by atomic mass is 32.1. The van der Waals surface area contributed by atoms with Crippen LogP contribution in [0.4, 0.5) is 5.69 Å². The van der Waals surface area contributed by atoms with Crippen LogP contribution in [0.3, 0.4) is 0 Å². The molecule has 0 spiro atoms. The molecule has 0 saturated heterocycles. The fourth-order valence-corrected chi connectivity index (χ4v) is 4.18. The van der Waals surface area contributed by atoms with Gasteiger partial charge in [0, 0.05) is 10.9 Å². The van der Waals surface area contributed by atoms with Gasteiger partial charge in [-0.1, -0.05) is 42.5 Å². The van der Waals surface area contributed by atoms with Crippen molar-refractivity contribution in [1.82, 2.24) is 0 Å². The van der Waals surface area contributed by atoms with Crippen molar-refractivity contribution < 1.29 is 28.3 Å². The van der Waals surface area contributed by atoms with E-state index < -0.39 is 29.9 Å². The Kier molecular flexibility index (Phi) is 6.84. The normalized spacial score (nSPS) is 10.6. The molecule has 2 aromatic carbocycles. The van der Waals surface area contributed by atoms with E-state index in [1.807, 2.05) is 30.3 Å². The van der Waals surface area contributed by atoms with Crippen LogP contribution in [0.25, 0.3) is 21.4 Å². The summed E-state index contributed by atoms with van der Waals surface area (Å²) in [5, 5.41) is 2.92. The number of esters is 2. The van der Waals surface area contributed by atoms with Gasteiger partial charge < -0.3 is 19.2 Å². The van der Waals surface area contributed by atoms with Crippen molar-refractivity contribution in [3.05, 3.63) is 87.6 Å². The highest BCUT2D eigenvalue weighted by molar-refractivity contribution is 7.18. The molecule has 4 rings (SSSR count). The molecule has 1 N–H and O–H groups in total. The fraction of sp³-hybridized carbons (Fsp3) is 0.120. The van der Waals surface area contributed by atoms with E-state index in [0.29, 0.717) is 5.39 Å². The van der Waals surface area contributed by atoms with Gasteiger partial charge in [-0.25, -0.2) is 9.59 Å². The molecule has 0 radical (unpaired) electrons. The molecule has 0 saturated carbocycles. The first-order chi connectivity index (χ1) is 16.5. The Morgan fingerprint density at radius 3 is 2.44 bits per heavy atom. The summed E-state index contributed by atoms with van der Waals surface area (Å²) >= 11 is 1.18. The first-order valence-corrected chi connectivity index (χ1v) is 11.1. The van der Waals surface area contributed by atoms with Gasteiger partial charge in [0.1, 0.15) is 10.5 Å². The molecule has 0 aliphatic rings. The van der Waals surface area contributed by atoms with E-state index >= 15 is 0 Å². The van der Waals surface area contributed by atoms with Crippen molar-refractivity contribution in [2.75, 3.05) is 18.5 Å². The zero-order valence-corrected chi connectivity index (χ0v) is 18.8. The van der Waals surface area contributed by atoms with Crippen LogP contribution in [-0.4, -0.2) is 31.1 Å². The number of carbonyl (C=O) groups excluding carboxylic acids is 3. The van der Waals surface area contributed by atoms with Crippen LogP contribution in [0.1, 0.15) is 27.2 Å². The van der Waals surface area contributed by atoms with Crippen LogP contribution in [0.2, 0.25) is 0 Å². The molecule has 9 heteroatoms.